The molecule has 0 spiro atoms. The Morgan fingerprint density at radius 1 is 1.82 bits per heavy atom. The Morgan fingerprint density at radius 3 is 2.64 bits per heavy atom. The molecule has 1 fully saturated rings. The highest BCUT2D eigenvalue weighted by atomic mass is 16.6. The van der Waals surface area contributed by atoms with Crippen LogP contribution in [0.1, 0.15) is 13.8 Å². The molecular weight excluding hydrogens is 146 g/mol. The van der Waals surface area contributed by atoms with Crippen molar-refractivity contribution in [2.75, 3.05) is 19.7 Å². The molecule has 1 saturated heterocycles. The number of amides is 1. The summed E-state index contributed by atoms with van der Waals surface area (Å²) in [7, 11) is 0. The largest absolute Gasteiger partial charge is 0.465 e. The number of epoxide rings is 1. The molecule has 1 unspecified atom stereocenters. The highest BCUT2D eigenvalue weighted by molar-refractivity contribution is 5.65. The predicted molar refractivity (Wildman–Crippen MR) is 39.6 cm³/mol. The molecule has 0 aromatic heterocycles. The Balaban J connectivity index is 2.37. The number of rotatable bonds is 3. The van der Waals surface area contributed by atoms with Gasteiger partial charge in [0.15, 0.2) is 0 Å². The summed E-state index contributed by atoms with van der Waals surface area (Å²) in [6.45, 7) is 5.42. The van der Waals surface area contributed by atoms with Crippen LogP contribution in [0.2, 0.25) is 0 Å². The molecule has 0 radical (unpaired) electrons. The lowest BCUT2D eigenvalue weighted by molar-refractivity contribution is 0.133. The van der Waals surface area contributed by atoms with E-state index in [1.807, 2.05) is 13.8 Å². The summed E-state index contributed by atoms with van der Waals surface area (Å²) in [4.78, 5) is 11.9. The number of hydrogen-bond donors (Lipinski definition) is 1. The molecule has 1 aliphatic heterocycles. The molecule has 0 saturated carbocycles. The Bertz CT molecular complexity index is 165. The standard InChI is InChI=1S/C7H13NO3/c1-3-8(6(9)10)4-7(2)5-11-7/h3-5H2,1-2H3,(H,9,10). The number of hydrogen-bond acceptors (Lipinski definition) is 2. The van der Waals surface area contributed by atoms with Crippen molar-refractivity contribution in [3.63, 3.8) is 0 Å². The third-order valence-corrected chi connectivity index (χ3v) is 1.81. The topological polar surface area (TPSA) is 53.1 Å². The lowest BCUT2D eigenvalue weighted by atomic mass is 10.2. The third kappa shape index (κ3) is 2.08. The van der Waals surface area contributed by atoms with Crippen molar-refractivity contribution >= 4 is 6.09 Å². The molecule has 0 aromatic carbocycles. The van der Waals surface area contributed by atoms with Crippen molar-refractivity contribution in [3.8, 4) is 0 Å². The summed E-state index contributed by atoms with van der Waals surface area (Å²) in [5.74, 6) is 0. The van der Waals surface area contributed by atoms with E-state index in [9.17, 15) is 4.79 Å². The van der Waals surface area contributed by atoms with Crippen molar-refractivity contribution in [1.82, 2.24) is 4.90 Å². The van der Waals surface area contributed by atoms with Crippen molar-refractivity contribution in [3.05, 3.63) is 0 Å². The van der Waals surface area contributed by atoms with Gasteiger partial charge < -0.3 is 14.7 Å². The van der Waals surface area contributed by atoms with Gasteiger partial charge in [-0.15, -0.1) is 0 Å². The molecule has 4 heteroatoms. The predicted octanol–water partition coefficient (Wildman–Crippen LogP) is 0.775. The Hall–Kier alpha value is -0.770. The van der Waals surface area contributed by atoms with Gasteiger partial charge in [-0.05, 0) is 13.8 Å². The SMILES string of the molecule is CCN(CC1(C)CO1)C(=O)O. The average molecular weight is 159 g/mol. The molecule has 1 N–H and O–H groups in total. The van der Waals surface area contributed by atoms with Crippen LogP contribution in [0.5, 0.6) is 0 Å². The molecule has 4 nitrogen and oxygen atoms in total. The maximum absolute atomic E-state index is 10.5. The smallest absolute Gasteiger partial charge is 0.407 e. The maximum atomic E-state index is 10.5. The van der Waals surface area contributed by atoms with Crippen LogP contribution in [0.4, 0.5) is 4.79 Å². The van der Waals surface area contributed by atoms with Crippen LogP contribution in [0.3, 0.4) is 0 Å². The van der Waals surface area contributed by atoms with E-state index in [0.717, 1.165) is 0 Å². The second-order valence-corrected chi connectivity index (χ2v) is 3.04. The van der Waals surface area contributed by atoms with Crippen LogP contribution in [0, 0.1) is 0 Å². The number of likely N-dealkylation sites (N-methyl/N-ethyl adjacent to an activating group) is 1. The Labute approximate surface area is 65.8 Å². The molecule has 1 rings (SSSR count). The van der Waals surface area contributed by atoms with E-state index in [1.54, 1.807) is 0 Å². The third-order valence-electron chi connectivity index (χ3n) is 1.81. The van der Waals surface area contributed by atoms with Gasteiger partial charge in [-0.1, -0.05) is 0 Å². The lowest BCUT2D eigenvalue weighted by Gasteiger charge is -2.18. The monoisotopic (exact) mass is 159 g/mol. The first kappa shape index (κ1) is 8.33. The minimum Gasteiger partial charge on any atom is -0.465 e. The summed E-state index contributed by atoms with van der Waals surface area (Å²) < 4.78 is 5.07. The number of nitrogens with zero attached hydrogens (tertiary/aromatic N) is 1. The first-order chi connectivity index (χ1) is 5.07. The zero-order valence-corrected chi connectivity index (χ0v) is 6.83. The Kier molecular flexibility index (Phi) is 2.04. The summed E-state index contributed by atoms with van der Waals surface area (Å²) >= 11 is 0. The van der Waals surface area contributed by atoms with E-state index in [2.05, 4.69) is 0 Å². The summed E-state index contributed by atoms with van der Waals surface area (Å²) in [5.41, 5.74) is -0.200. The second kappa shape index (κ2) is 2.70. The van der Waals surface area contributed by atoms with E-state index >= 15 is 0 Å². The zero-order chi connectivity index (χ0) is 8.48. The van der Waals surface area contributed by atoms with Gasteiger partial charge in [-0.2, -0.15) is 0 Å². The summed E-state index contributed by atoms with van der Waals surface area (Å²) in [6, 6.07) is 0. The minimum absolute atomic E-state index is 0.200. The second-order valence-electron chi connectivity index (χ2n) is 3.04. The number of carbonyl (C=O) groups is 1. The number of carboxylic acid groups (broad SMARTS) is 1. The molecule has 0 bridgehead atoms. The van der Waals surface area contributed by atoms with E-state index in [4.69, 9.17) is 9.84 Å². The fourth-order valence-corrected chi connectivity index (χ4v) is 0.933. The van der Waals surface area contributed by atoms with E-state index < -0.39 is 6.09 Å². The van der Waals surface area contributed by atoms with Gasteiger partial charge in [0, 0.05) is 6.54 Å². The van der Waals surface area contributed by atoms with Gasteiger partial charge in [-0.25, -0.2) is 4.79 Å². The van der Waals surface area contributed by atoms with Crippen LogP contribution >= 0.6 is 0 Å². The molecule has 0 aromatic rings. The normalized spacial score (nSPS) is 28.2. The molecule has 1 amide bonds. The van der Waals surface area contributed by atoms with Crippen LogP contribution in [0.25, 0.3) is 0 Å². The van der Waals surface area contributed by atoms with Crippen molar-refractivity contribution in [2.45, 2.75) is 19.4 Å². The van der Waals surface area contributed by atoms with Crippen molar-refractivity contribution in [2.24, 2.45) is 0 Å². The van der Waals surface area contributed by atoms with Crippen molar-refractivity contribution < 1.29 is 14.6 Å². The molecule has 64 valence electrons. The molecule has 1 heterocycles. The van der Waals surface area contributed by atoms with Gasteiger partial charge >= 0.3 is 6.09 Å². The van der Waals surface area contributed by atoms with Gasteiger partial charge in [0.2, 0.25) is 0 Å². The van der Waals surface area contributed by atoms with Crippen molar-refractivity contribution in [1.29, 1.82) is 0 Å². The molecule has 1 atom stereocenters. The van der Waals surface area contributed by atoms with Gasteiger partial charge in [-0.3, -0.25) is 0 Å². The van der Waals surface area contributed by atoms with Crippen LogP contribution < -0.4 is 0 Å². The van der Waals surface area contributed by atoms with Gasteiger partial charge in [0.25, 0.3) is 0 Å². The highest BCUT2D eigenvalue weighted by Crippen LogP contribution is 2.26. The molecule has 0 aliphatic carbocycles. The summed E-state index contributed by atoms with van der Waals surface area (Å²) in [6.07, 6.45) is -0.871. The van der Waals surface area contributed by atoms with E-state index in [-0.39, 0.29) is 5.60 Å². The van der Waals surface area contributed by atoms with Gasteiger partial charge in [0.1, 0.15) is 5.60 Å². The molecule has 11 heavy (non-hydrogen) atoms. The van der Waals surface area contributed by atoms with Gasteiger partial charge in [0.05, 0.1) is 13.2 Å². The summed E-state index contributed by atoms with van der Waals surface area (Å²) in [5, 5.41) is 8.63. The van der Waals surface area contributed by atoms with Crippen LogP contribution in [0.15, 0.2) is 0 Å². The average Bonchev–Trinajstić information content (AvgIpc) is 2.64. The maximum Gasteiger partial charge on any atom is 0.407 e. The molecular formula is C7H13NO3. The Morgan fingerprint density at radius 2 is 2.36 bits per heavy atom. The first-order valence-corrected chi connectivity index (χ1v) is 3.69. The molecule has 1 aliphatic rings. The lowest BCUT2D eigenvalue weighted by Crippen LogP contribution is -2.36. The zero-order valence-electron chi connectivity index (χ0n) is 6.83. The van der Waals surface area contributed by atoms with Crippen LogP contribution in [-0.2, 0) is 4.74 Å². The van der Waals surface area contributed by atoms with E-state index in [0.29, 0.717) is 19.7 Å². The highest BCUT2D eigenvalue weighted by Gasteiger charge is 2.41. The minimum atomic E-state index is -0.871. The first-order valence-electron chi connectivity index (χ1n) is 3.69. The van der Waals surface area contributed by atoms with E-state index in [1.165, 1.54) is 4.90 Å². The quantitative estimate of drug-likeness (QED) is 0.619. The fraction of sp³-hybridized carbons (Fsp3) is 0.857. The van der Waals surface area contributed by atoms with Crippen LogP contribution in [-0.4, -0.2) is 41.4 Å². The number of ether oxygens (including phenoxy) is 1. The fourth-order valence-electron chi connectivity index (χ4n) is 0.933.